The van der Waals surface area contributed by atoms with Gasteiger partial charge in [-0.15, -0.1) is 0 Å². The average molecular weight is 242 g/mol. The van der Waals surface area contributed by atoms with Crippen LogP contribution in [-0.4, -0.2) is 30.5 Å². The molecule has 1 amide bonds. The summed E-state index contributed by atoms with van der Waals surface area (Å²) in [5.41, 5.74) is 1.18. The van der Waals surface area contributed by atoms with Crippen molar-refractivity contribution in [3.05, 3.63) is 48.4 Å². The number of imidazole rings is 1. The molecule has 0 fully saturated rings. The molecule has 3 aromatic heterocycles. The predicted octanol–water partition coefficient (Wildman–Crippen LogP) is 0.382. The Hall–Kier alpha value is -2.70. The van der Waals surface area contributed by atoms with E-state index in [2.05, 4.69) is 25.4 Å². The Balaban J connectivity index is 1.75. The van der Waals surface area contributed by atoms with E-state index in [0.29, 0.717) is 23.6 Å². The van der Waals surface area contributed by atoms with E-state index in [0.717, 1.165) is 0 Å². The number of nitrogens with zero attached hydrogens (tertiary/aromatic N) is 4. The fraction of sp³-hybridized carbons (Fsp3) is 0.0909. The van der Waals surface area contributed by atoms with Crippen LogP contribution >= 0.6 is 0 Å². The number of amides is 1. The number of hydrogen-bond donors (Lipinski definition) is 2. The fourth-order valence-corrected chi connectivity index (χ4v) is 1.62. The molecule has 90 valence electrons. The second kappa shape index (κ2) is 4.28. The Morgan fingerprint density at radius 1 is 1.44 bits per heavy atom. The van der Waals surface area contributed by atoms with Gasteiger partial charge in [0.1, 0.15) is 12.2 Å². The first-order valence-electron chi connectivity index (χ1n) is 5.39. The summed E-state index contributed by atoms with van der Waals surface area (Å²) < 4.78 is 1.60. The lowest BCUT2D eigenvalue weighted by molar-refractivity contribution is 0.0950. The summed E-state index contributed by atoms with van der Waals surface area (Å²) in [7, 11) is 0. The van der Waals surface area contributed by atoms with Gasteiger partial charge in [-0.05, 0) is 12.1 Å². The maximum absolute atomic E-state index is 11.9. The van der Waals surface area contributed by atoms with E-state index in [-0.39, 0.29) is 5.91 Å². The maximum Gasteiger partial charge on any atom is 0.251 e. The van der Waals surface area contributed by atoms with Gasteiger partial charge >= 0.3 is 0 Å². The molecule has 0 radical (unpaired) electrons. The highest BCUT2D eigenvalue weighted by Gasteiger charge is 2.07. The first kappa shape index (κ1) is 10.5. The van der Waals surface area contributed by atoms with Crippen LogP contribution in [0.3, 0.4) is 0 Å². The molecular formula is C11H10N6O. The number of nitrogens with one attached hydrogen (secondary N) is 2. The SMILES string of the molecule is O=C(NCc1ncc[nH]1)c1ccn2ncnc2c1. The van der Waals surface area contributed by atoms with Crippen LogP contribution < -0.4 is 5.32 Å². The molecule has 0 aliphatic heterocycles. The van der Waals surface area contributed by atoms with Crippen molar-refractivity contribution in [1.82, 2.24) is 29.9 Å². The third-order valence-electron chi connectivity index (χ3n) is 2.51. The number of carbonyl (C=O) groups is 1. The highest BCUT2D eigenvalue weighted by molar-refractivity contribution is 5.94. The molecular weight excluding hydrogens is 232 g/mol. The van der Waals surface area contributed by atoms with Crippen LogP contribution in [0, 0.1) is 0 Å². The summed E-state index contributed by atoms with van der Waals surface area (Å²) in [6.45, 7) is 0.365. The predicted molar refractivity (Wildman–Crippen MR) is 62.7 cm³/mol. The highest BCUT2D eigenvalue weighted by Crippen LogP contribution is 2.04. The zero-order chi connectivity index (χ0) is 12.4. The van der Waals surface area contributed by atoms with Gasteiger partial charge in [0.15, 0.2) is 5.65 Å². The average Bonchev–Trinajstić information content (AvgIpc) is 3.05. The van der Waals surface area contributed by atoms with Gasteiger partial charge in [-0.1, -0.05) is 0 Å². The summed E-state index contributed by atoms with van der Waals surface area (Å²) in [4.78, 5) is 22.9. The van der Waals surface area contributed by atoms with E-state index in [1.807, 2.05) is 0 Å². The Kier molecular flexibility index (Phi) is 2.49. The molecule has 2 N–H and O–H groups in total. The Labute approximate surface area is 102 Å². The Morgan fingerprint density at radius 2 is 2.39 bits per heavy atom. The van der Waals surface area contributed by atoms with Crippen molar-refractivity contribution in [1.29, 1.82) is 0 Å². The molecule has 0 atom stereocenters. The molecule has 0 spiro atoms. The Bertz CT molecular complexity index is 672. The molecule has 0 aliphatic rings. The number of fused-ring (bicyclic) bond motifs is 1. The zero-order valence-corrected chi connectivity index (χ0v) is 9.37. The molecule has 0 aromatic carbocycles. The van der Waals surface area contributed by atoms with E-state index < -0.39 is 0 Å². The minimum absolute atomic E-state index is 0.170. The van der Waals surface area contributed by atoms with Crippen LogP contribution in [0.2, 0.25) is 0 Å². The van der Waals surface area contributed by atoms with E-state index in [9.17, 15) is 4.79 Å². The molecule has 7 heteroatoms. The van der Waals surface area contributed by atoms with Crippen molar-refractivity contribution < 1.29 is 4.79 Å². The molecule has 0 aliphatic carbocycles. The van der Waals surface area contributed by atoms with Crippen LogP contribution in [0.25, 0.3) is 5.65 Å². The van der Waals surface area contributed by atoms with Crippen molar-refractivity contribution in [2.24, 2.45) is 0 Å². The van der Waals surface area contributed by atoms with Crippen molar-refractivity contribution in [3.63, 3.8) is 0 Å². The lowest BCUT2D eigenvalue weighted by Crippen LogP contribution is -2.23. The molecule has 3 heterocycles. The number of aromatic nitrogens is 5. The van der Waals surface area contributed by atoms with Gasteiger partial charge in [0.2, 0.25) is 0 Å². The number of H-pyrrole nitrogens is 1. The summed E-state index contributed by atoms with van der Waals surface area (Å²) in [6.07, 6.45) is 6.50. The van der Waals surface area contributed by atoms with Gasteiger partial charge in [0.05, 0.1) is 6.54 Å². The van der Waals surface area contributed by atoms with E-state index in [1.165, 1.54) is 6.33 Å². The summed E-state index contributed by atoms with van der Waals surface area (Å²) in [5.74, 6) is 0.545. The van der Waals surface area contributed by atoms with Crippen LogP contribution in [0.1, 0.15) is 16.2 Å². The lowest BCUT2D eigenvalue weighted by atomic mass is 10.2. The van der Waals surface area contributed by atoms with Crippen LogP contribution in [0.4, 0.5) is 0 Å². The number of aromatic amines is 1. The zero-order valence-electron chi connectivity index (χ0n) is 9.37. The fourth-order valence-electron chi connectivity index (χ4n) is 1.62. The van der Waals surface area contributed by atoms with E-state index in [1.54, 1.807) is 35.2 Å². The third kappa shape index (κ3) is 1.93. The first-order chi connectivity index (χ1) is 8.83. The molecule has 18 heavy (non-hydrogen) atoms. The van der Waals surface area contributed by atoms with Crippen molar-refractivity contribution in [2.75, 3.05) is 0 Å². The second-order valence-corrected chi connectivity index (χ2v) is 3.70. The van der Waals surface area contributed by atoms with Crippen LogP contribution in [0.5, 0.6) is 0 Å². The van der Waals surface area contributed by atoms with Crippen LogP contribution in [-0.2, 0) is 6.54 Å². The molecule has 0 unspecified atom stereocenters. The highest BCUT2D eigenvalue weighted by atomic mass is 16.1. The van der Waals surface area contributed by atoms with Crippen molar-refractivity contribution >= 4 is 11.6 Å². The van der Waals surface area contributed by atoms with Crippen molar-refractivity contribution in [2.45, 2.75) is 6.54 Å². The van der Waals surface area contributed by atoms with Gasteiger partial charge in [-0.25, -0.2) is 14.5 Å². The van der Waals surface area contributed by atoms with Gasteiger partial charge in [0, 0.05) is 24.2 Å². The largest absolute Gasteiger partial charge is 0.347 e. The van der Waals surface area contributed by atoms with Gasteiger partial charge in [-0.2, -0.15) is 5.10 Å². The van der Waals surface area contributed by atoms with Crippen molar-refractivity contribution in [3.8, 4) is 0 Å². The van der Waals surface area contributed by atoms with Gasteiger partial charge < -0.3 is 10.3 Å². The van der Waals surface area contributed by atoms with E-state index >= 15 is 0 Å². The summed E-state index contributed by atoms with van der Waals surface area (Å²) in [6, 6.07) is 3.38. The topological polar surface area (TPSA) is 88.0 Å². The minimum atomic E-state index is -0.170. The number of carbonyl (C=O) groups excluding carboxylic acids is 1. The molecule has 0 bridgehead atoms. The molecule has 0 saturated carbocycles. The standard InChI is InChI=1S/C11H10N6O/c18-11(14-6-9-12-2-3-13-9)8-1-4-17-10(5-8)15-7-16-17/h1-5,7H,6H2,(H,12,13)(H,14,18). The first-order valence-corrected chi connectivity index (χ1v) is 5.39. The quantitative estimate of drug-likeness (QED) is 0.695. The third-order valence-corrected chi connectivity index (χ3v) is 2.51. The number of hydrogen-bond acceptors (Lipinski definition) is 4. The molecule has 3 rings (SSSR count). The lowest BCUT2D eigenvalue weighted by Gasteiger charge is -2.03. The molecule has 0 saturated heterocycles. The van der Waals surface area contributed by atoms with Gasteiger partial charge in [0.25, 0.3) is 5.91 Å². The van der Waals surface area contributed by atoms with Crippen LogP contribution in [0.15, 0.2) is 37.1 Å². The molecule has 7 nitrogen and oxygen atoms in total. The summed E-state index contributed by atoms with van der Waals surface area (Å²) >= 11 is 0. The van der Waals surface area contributed by atoms with Gasteiger partial charge in [-0.3, -0.25) is 4.79 Å². The monoisotopic (exact) mass is 242 g/mol. The summed E-state index contributed by atoms with van der Waals surface area (Å²) in [5, 5.41) is 6.73. The molecule has 3 aromatic rings. The minimum Gasteiger partial charge on any atom is -0.347 e. The van der Waals surface area contributed by atoms with E-state index in [4.69, 9.17) is 0 Å². The smallest absolute Gasteiger partial charge is 0.251 e. The normalized spacial score (nSPS) is 10.7. The number of rotatable bonds is 3. The second-order valence-electron chi connectivity index (χ2n) is 3.70. The Morgan fingerprint density at radius 3 is 3.22 bits per heavy atom. The number of pyridine rings is 1. The maximum atomic E-state index is 11.9.